The van der Waals surface area contributed by atoms with Gasteiger partial charge in [0.2, 0.25) is 0 Å². The van der Waals surface area contributed by atoms with Crippen molar-refractivity contribution >= 4 is 18.0 Å². The van der Waals surface area contributed by atoms with Crippen LogP contribution < -0.4 is 5.32 Å². The topological polar surface area (TPSA) is 105 Å². The van der Waals surface area contributed by atoms with Crippen LogP contribution in [0.4, 0.5) is 9.18 Å². The third-order valence-electron chi connectivity index (χ3n) is 7.56. The second-order valence-corrected chi connectivity index (χ2v) is 11.6. The van der Waals surface area contributed by atoms with Crippen LogP contribution in [-0.2, 0) is 25.6 Å². The Morgan fingerprint density at radius 2 is 1.56 bits per heavy atom. The van der Waals surface area contributed by atoms with Gasteiger partial charge in [0.25, 0.3) is 0 Å². The summed E-state index contributed by atoms with van der Waals surface area (Å²) in [5.41, 5.74) is 2.38. The van der Waals surface area contributed by atoms with E-state index in [2.05, 4.69) is 5.32 Å². The van der Waals surface area contributed by atoms with Crippen molar-refractivity contribution in [2.24, 2.45) is 0 Å². The van der Waals surface area contributed by atoms with Crippen molar-refractivity contribution in [1.29, 1.82) is 0 Å². The molecule has 3 aromatic carbocycles. The molecule has 2 unspecified atom stereocenters. The molecule has 1 aliphatic heterocycles. The lowest BCUT2D eigenvalue weighted by atomic mass is 9.95. The van der Waals surface area contributed by atoms with E-state index in [0.717, 1.165) is 27.2 Å². The molecule has 41 heavy (non-hydrogen) atoms. The minimum absolute atomic E-state index is 0.0213. The number of carboxylic acids is 1. The molecule has 0 saturated carbocycles. The van der Waals surface area contributed by atoms with Gasteiger partial charge in [-0.15, -0.1) is 0 Å². The first kappa shape index (κ1) is 28.3. The van der Waals surface area contributed by atoms with Crippen molar-refractivity contribution in [3.05, 3.63) is 95.3 Å². The number of hydrogen-bond acceptors (Lipinski definition) is 6. The van der Waals surface area contributed by atoms with Crippen molar-refractivity contribution in [2.45, 2.75) is 56.8 Å². The summed E-state index contributed by atoms with van der Waals surface area (Å²) < 4.78 is 24.7. The Balaban J connectivity index is 1.38. The van der Waals surface area contributed by atoms with Crippen LogP contribution in [0.3, 0.4) is 0 Å². The first-order valence-electron chi connectivity index (χ1n) is 13.5. The van der Waals surface area contributed by atoms with Crippen molar-refractivity contribution in [2.75, 3.05) is 13.2 Å². The average molecular weight is 561 g/mol. The SMILES string of the molecule is CC(C)(C)OC(=O)C1CC(NCc2ccc(F)cc2)(C(=O)O)CN1C(=O)OCC1c2ccccc2-c2ccccc21. The highest BCUT2D eigenvalue weighted by Crippen LogP contribution is 2.44. The Kier molecular flexibility index (Phi) is 7.57. The standard InChI is InChI=1S/C32H33FN2O6/c1-31(2,3)41-28(36)27-16-32(29(37)38,34-17-20-12-14-21(33)15-13-20)19-35(27)30(39)40-18-26-24-10-6-4-8-22(24)23-9-5-7-11-25(23)26/h4-15,26-27,34H,16-19H2,1-3H3,(H,37,38). The lowest BCUT2D eigenvalue weighted by Gasteiger charge is -2.27. The van der Waals surface area contributed by atoms with Gasteiger partial charge in [0, 0.05) is 18.9 Å². The molecule has 2 atom stereocenters. The molecule has 9 heteroatoms. The monoisotopic (exact) mass is 560 g/mol. The number of amides is 1. The van der Waals surface area contributed by atoms with Crippen LogP contribution in [0.15, 0.2) is 72.8 Å². The highest BCUT2D eigenvalue weighted by atomic mass is 19.1. The smallest absolute Gasteiger partial charge is 0.410 e. The van der Waals surface area contributed by atoms with E-state index >= 15 is 0 Å². The Labute approximate surface area is 238 Å². The van der Waals surface area contributed by atoms with Gasteiger partial charge < -0.3 is 14.6 Å². The van der Waals surface area contributed by atoms with Gasteiger partial charge in [-0.1, -0.05) is 60.7 Å². The summed E-state index contributed by atoms with van der Waals surface area (Å²) in [5.74, 6) is -2.54. The first-order chi connectivity index (χ1) is 19.5. The van der Waals surface area contributed by atoms with Crippen molar-refractivity contribution in [3.63, 3.8) is 0 Å². The summed E-state index contributed by atoms with van der Waals surface area (Å²) in [7, 11) is 0. The quantitative estimate of drug-likeness (QED) is 0.387. The van der Waals surface area contributed by atoms with E-state index in [4.69, 9.17) is 9.47 Å². The molecular formula is C32H33FN2O6. The maximum atomic E-state index is 13.6. The van der Waals surface area contributed by atoms with E-state index < -0.39 is 41.0 Å². The highest BCUT2D eigenvalue weighted by Gasteiger charge is 2.55. The molecule has 8 nitrogen and oxygen atoms in total. The summed E-state index contributed by atoms with van der Waals surface area (Å²) in [4.78, 5) is 40.6. The molecular weight excluding hydrogens is 527 g/mol. The minimum atomic E-state index is -1.65. The molecule has 5 rings (SSSR count). The second kappa shape index (κ2) is 11.0. The minimum Gasteiger partial charge on any atom is -0.480 e. The van der Waals surface area contributed by atoms with Crippen LogP contribution in [0.25, 0.3) is 11.1 Å². The van der Waals surface area contributed by atoms with E-state index in [1.54, 1.807) is 32.9 Å². The fourth-order valence-corrected chi connectivity index (χ4v) is 5.59. The molecule has 2 N–H and O–H groups in total. The second-order valence-electron chi connectivity index (χ2n) is 11.6. The number of hydrogen-bond donors (Lipinski definition) is 2. The van der Waals surface area contributed by atoms with E-state index in [0.29, 0.717) is 5.56 Å². The van der Waals surface area contributed by atoms with E-state index in [9.17, 15) is 23.9 Å². The van der Waals surface area contributed by atoms with Gasteiger partial charge in [-0.05, 0) is 60.7 Å². The lowest BCUT2D eigenvalue weighted by molar-refractivity contribution is -0.159. The van der Waals surface area contributed by atoms with E-state index in [-0.39, 0.29) is 32.0 Å². The summed E-state index contributed by atoms with van der Waals surface area (Å²) >= 11 is 0. The Morgan fingerprint density at radius 1 is 0.976 bits per heavy atom. The number of fused-ring (bicyclic) bond motifs is 3. The maximum Gasteiger partial charge on any atom is 0.410 e. The zero-order valence-corrected chi connectivity index (χ0v) is 23.2. The third-order valence-corrected chi connectivity index (χ3v) is 7.56. The third kappa shape index (κ3) is 5.81. The Hall–Kier alpha value is -4.24. The molecule has 1 saturated heterocycles. The molecule has 0 aromatic heterocycles. The molecule has 1 aliphatic carbocycles. The Morgan fingerprint density at radius 3 is 2.12 bits per heavy atom. The molecule has 0 bridgehead atoms. The predicted molar refractivity (Wildman–Crippen MR) is 150 cm³/mol. The Bertz CT molecular complexity index is 1420. The zero-order chi connectivity index (χ0) is 29.4. The lowest BCUT2D eigenvalue weighted by Crippen LogP contribution is -2.54. The van der Waals surface area contributed by atoms with Gasteiger partial charge in [0.1, 0.15) is 29.6 Å². The number of rotatable bonds is 7. The number of nitrogens with zero attached hydrogens (tertiary/aromatic N) is 1. The van der Waals surface area contributed by atoms with Gasteiger partial charge in [-0.2, -0.15) is 0 Å². The van der Waals surface area contributed by atoms with Gasteiger partial charge >= 0.3 is 18.0 Å². The largest absolute Gasteiger partial charge is 0.480 e. The number of halogens is 1. The first-order valence-corrected chi connectivity index (χ1v) is 13.5. The van der Waals surface area contributed by atoms with Crippen LogP contribution in [0.2, 0.25) is 0 Å². The van der Waals surface area contributed by atoms with E-state index in [1.165, 1.54) is 12.1 Å². The molecule has 1 fully saturated rings. The summed E-state index contributed by atoms with van der Waals surface area (Å²) in [6.07, 6.45) is -1.02. The number of benzene rings is 3. The number of ether oxygens (including phenoxy) is 2. The molecule has 1 amide bonds. The molecule has 3 aromatic rings. The number of esters is 1. The molecule has 2 aliphatic rings. The average Bonchev–Trinajstić information content (AvgIpc) is 3.48. The zero-order valence-electron chi connectivity index (χ0n) is 23.2. The summed E-state index contributed by atoms with van der Waals surface area (Å²) in [5, 5.41) is 13.3. The van der Waals surface area contributed by atoms with Crippen molar-refractivity contribution < 1.29 is 33.4 Å². The van der Waals surface area contributed by atoms with Gasteiger partial charge in [0.15, 0.2) is 0 Å². The number of aliphatic carboxylic acids is 1. The highest BCUT2D eigenvalue weighted by molar-refractivity contribution is 5.88. The summed E-state index contributed by atoms with van der Waals surface area (Å²) in [6.45, 7) is 4.90. The molecule has 1 heterocycles. The normalized spacial score (nSPS) is 19.9. The fraction of sp³-hybridized carbons (Fsp3) is 0.344. The van der Waals surface area contributed by atoms with Crippen molar-refractivity contribution in [3.8, 4) is 11.1 Å². The van der Waals surface area contributed by atoms with Crippen molar-refractivity contribution in [1.82, 2.24) is 10.2 Å². The number of carbonyl (C=O) groups excluding carboxylic acids is 2. The van der Waals surface area contributed by atoms with Gasteiger partial charge in [-0.3, -0.25) is 15.0 Å². The van der Waals surface area contributed by atoms with Crippen LogP contribution in [0.1, 0.15) is 49.8 Å². The van der Waals surface area contributed by atoms with Crippen LogP contribution >= 0.6 is 0 Å². The number of carboxylic acid groups (broad SMARTS) is 1. The van der Waals surface area contributed by atoms with E-state index in [1.807, 2.05) is 48.5 Å². The molecule has 0 radical (unpaired) electrons. The fourth-order valence-electron chi connectivity index (χ4n) is 5.59. The van der Waals surface area contributed by atoms with Gasteiger partial charge in [0.05, 0.1) is 6.54 Å². The summed E-state index contributed by atoms with van der Waals surface area (Å²) in [6, 6.07) is 20.3. The van der Waals surface area contributed by atoms with Crippen LogP contribution in [0, 0.1) is 5.82 Å². The maximum absolute atomic E-state index is 13.6. The number of likely N-dealkylation sites (tertiary alicyclic amines) is 1. The predicted octanol–water partition coefficient (Wildman–Crippen LogP) is 5.10. The molecule has 214 valence electrons. The van der Waals surface area contributed by atoms with Gasteiger partial charge in [-0.25, -0.2) is 14.0 Å². The number of nitrogens with one attached hydrogen (secondary N) is 1. The number of carbonyl (C=O) groups is 3. The van der Waals surface area contributed by atoms with Crippen LogP contribution in [-0.4, -0.2) is 58.4 Å². The van der Waals surface area contributed by atoms with Crippen LogP contribution in [0.5, 0.6) is 0 Å². The molecule has 0 spiro atoms.